The third-order valence-electron chi connectivity index (χ3n) is 3.07. The molecule has 1 aromatic carbocycles. The molecule has 1 heterocycles. The van der Waals surface area contributed by atoms with Gasteiger partial charge < -0.3 is 4.74 Å². The van der Waals surface area contributed by atoms with Crippen molar-refractivity contribution in [3.8, 4) is 5.75 Å². The van der Waals surface area contributed by atoms with Gasteiger partial charge in [0.25, 0.3) is 0 Å². The summed E-state index contributed by atoms with van der Waals surface area (Å²) in [6.07, 6.45) is 3.31. The molecule has 18 heavy (non-hydrogen) atoms. The normalized spacial score (nSPS) is 15.5. The molecule has 0 atom stereocenters. The second kappa shape index (κ2) is 6.40. The minimum atomic E-state index is 0.0746. The minimum Gasteiger partial charge on any atom is -0.497 e. The van der Waals surface area contributed by atoms with Gasteiger partial charge in [-0.15, -0.1) is 0 Å². The fraction of sp³-hybridized carbons (Fsp3) is 0.500. The molecule has 0 spiro atoms. The summed E-state index contributed by atoms with van der Waals surface area (Å²) in [6, 6.07) is 7.81. The summed E-state index contributed by atoms with van der Waals surface area (Å²) in [4.78, 5) is 17.2. The molecule has 0 aliphatic carbocycles. The van der Waals surface area contributed by atoms with Crippen LogP contribution in [0.5, 0.6) is 5.75 Å². The van der Waals surface area contributed by atoms with E-state index in [9.17, 15) is 4.79 Å². The number of hydrogen-bond acceptors (Lipinski definition) is 3. The van der Waals surface area contributed by atoms with Gasteiger partial charge in [0.15, 0.2) is 0 Å². The molecule has 0 bridgehead atoms. The molecular weight excluding hydrogens is 230 g/mol. The maximum atomic E-state index is 11.9. The Balaban J connectivity index is 1.80. The third kappa shape index (κ3) is 3.47. The summed E-state index contributed by atoms with van der Waals surface area (Å²) < 4.78 is 5.09. The highest BCUT2D eigenvalue weighted by molar-refractivity contribution is 5.75. The van der Waals surface area contributed by atoms with Gasteiger partial charge in [0, 0.05) is 13.0 Å². The zero-order valence-corrected chi connectivity index (χ0v) is 10.7. The van der Waals surface area contributed by atoms with Crippen LogP contribution in [0, 0.1) is 0 Å². The van der Waals surface area contributed by atoms with Crippen LogP contribution in [0.1, 0.15) is 24.8 Å². The van der Waals surface area contributed by atoms with Crippen molar-refractivity contribution >= 4 is 5.91 Å². The summed E-state index contributed by atoms with van der Waals surface area (Å²) in [7, 11) is 1.65. The van der Waals surface area contributed by atoms with E-state index in [4.69, 9.17) is 9.57 Å². The van der Waals surface area contributed by atoms with Crippen molar-refractivity contribution in [3.63, 3.8) is 0 Å². The first-order valence-corrected chi connectivity index (χ1v) is 6.36. The average molecular weight is 249 g/mol. The Hall–Kier alpha value is -1.55. The van der Waals surface area contributed by atoms with Crippen LogP contribution in [0.3, 0.4) is 0 Å². The Labute approximate surface area is 107 Å². The lowest BCUT2D eigenvalue weighted by molar-refractivity contribution is -0.197. The number of carbonyl (C=O) groups is 1. The summed E-state index contributed by atoms with van der Waals surface area (Å²) in [6.45, 7) is 1.38. The summed E-state index contributed by atoms with van der Waals surface area (Å²) in [5.74, 6) is 0.912. The number of methoxy groups -OCH3 is 1. The first kappa shape index (κ1) is 12.9. The maximum Gasteiger partial charge on any atom is 0.246 e. The monoisotopic (exact) mass is 249 g/mol. The third-order valence-corrected chi connectivity index (χ3v) is 3.07. The number of benzene rings is 1. The van der Waals surface area contributed by atoms with Crippen LogP contribution in [0.15, 0.2) is 24.3 Å². The fourth-order valence-electron chi connectivity index (χ4n) is 1.96. The van der Waals surface area contributed by atoms with Gasteiger partial charge in [-0.05, 0) is 37.0 Å². The van der Waals surface area contributed by atoms with Crippen LogP contribution >= 0.6 is 0 Å². The highest BCUT2D eigenvalue weighted by Gasteiger charge is 2.17. The lowest BCUT2D eigenvalue weighted by Gasteiger charge is -2.25. The van der Waals surface area contributed by atoms with E-state index in [0.29, 0.717) is 13.0 Å². The molecule has 0 unspecified atom stereocenters. The van der Waals surface area contributed by atoms with Crippen LogP contribution in [-0.4, -0.2) is 31.2 Å². The number of aryl methyl sites for hydroxylation is 1. The molecule has 1 saturated heterocycles. The predicted molar refractivity (Wildman–Crippen MR) is 68.2 cm³/mol. The summed E-state index contributed by atoms with van der Waals surface area (Å²) in [5.41, 5.74) is 1.14. The zero-order valence-electron chi connectivity index (χ0n) is 10.7. The first-order valence-electron chi connectivity index (χ1n) is 6.36. The van der Waals surface area contributed by atoms with Gasteiger partial charge >= 0.3 is 0 Å². The number of hydrogen-bond donors (Lipinski definition) is 0. The molecule has 0 N–H and O–H groups in total. The average Bonchev–Trinajstić information content (AvgIpc) is 2.46. The van der Waals surface area contributed by atoms with Crippen molar-refractivity contribution in [2.24, 2.45) is 0 Å². The zero-order chi connectivity index (χ0) is 12.8. The van der Waals surface area contributed by atoms with Crippen molar-refractivity contribution in [1.29, 1.82) is 0 Å². The van der Waals surface area contributed by atoms with Crippen LogP contribution < -0.4 is 4.74 Å². The van der Waals surface area contributed by atoms with Gasteiger partial charge in [0.1, 0.15) is 5.75 Å². The van der Waals surface area contributed by atoms with Crippen LogP contribution in [-0.2, 0) is 16.1 Å². The van der Waals surface area contributed by atoms with Crippen molar-refractivity contribution < 1.29 is 14.4 Å². The molecule has 0 saturated carbocycles. The van der Waals surface area contributed by atoms with Gasteiger partial charge in [-0.1, -0.05) is 12.1 Å². The molecule has 0 radical (unpaired) electrons. The first-order chi connectivity index (χ1) is 8.79. The highest BCUT2D eigenvalue weighted by atomic mass is 16.7. The van der Waals surface area contributed by atoms with Gasteiger partial charge in [0.05, 0.1) is 13.7 Å². The topological polar surface area (TPSA) is 38.8 Å². The highest BCUT2D eigenvalue weighted by Crippen LogP contribution is 2.14. The molecule has 1 fully saturated rings. The lowest BCUT2D eigenvalue weighted by Crippen LogP contribution is -2.35. The molecule has 98 valence electrons. The quantitative estimate of drug-likeness (QED) is 0.821. The Morgan fingerprint density at radius 2 is 2.11 bits per heavy atom. The maximum absolute atomic E-state index is 11.9. The molecule has 1 aliphatic heterocycles. The largest absolute Gasteiger partial charge is 0.497 e. The van der Waals surface area contributed by atoms with E-state index in [-0.39, 0.29) is 5.91 Å². The molecule has 0 aromatic heterocycles. The van der Waals surface area contributed by atoms with E-state index in [1.54, 1.807) is 7.11 Å². The predicted octanol–water partition coefficient (Wildman–Crippen LogP) is 2.18. The van der Waals surface area contributed by atoms with E-state index >= 15 is 0 Å². The van der Waals surface area contributed by atoms with Gasteiger partial charge in [0.2, 0.25) is 5.91 Å². The van der Waals surface area contributed by atoms with E-state index in [2.05, 4.69) is 0 Å². The van der Waals surface area contributed by atoms with E-state index in [1.165, 1.54) is 5.06 Å². The Morgan fingerprint density at radius 1 is 1.33 bits per heavy atom. The van der Waals surface area contributed by atoms with Gasteiger partial charge in [-0.3, -0.25) is 9.63 Å². The Kier molecular flexibility index (Phi) is 4.59. The van der Waals surface area contributed by atoms with Gasteiger partial charge in [-0.25, -0.2) is 5.06 Å². The van der Waals surface area contributed by atoms with Gasteiger partial charge in [-0.2, -0.15) is 0 Å². The van der Waals surface area contributed by atoms with E-state index in [1.807, 2.05) is 24.3 Å². The number of ether oxygens (including phenoxy) is 1. The second-order valence-corrected chi connectivity index (χ2v) is 4.38. The molecule has 2 rings (SSSR count). The molecule has 1 amide bonds. The molecule has 4 nitrogen and oxygen atoms in total. The molecule has 1 aliphatic rings. The summed E-state index contributed by atoms with van der Waals surface area (Å²) >= 11 is 0. The van der Waals surface area contributed by atoms with E-state index < -0.39 is 0 Å². The SMILES string of the molecule is COc1ccc(CCC(=O)N2CCCCO2)cc1. The Morgan fingerprint density at radius 3 is 2.72 bits per heavy atom. The fourth-order valence-corrected chi connectivity index (χ4v) is 1.96. The van der Waals surface area contributed by atoms with E-state index in [0.717, 1.165) is 37.1 Å². The smallest absolute Gasteiger partial charge is 0.246 e. The van der Waals surface area contributed by atoms with Crippen molar-refractivity contribution in [3.05, 3.63) is 29.8 Å². The van der Waals surface area contributed by atoms with Crippen molar-refractivity contribution in [1.82, 2.24) is 5.06 Å². The number of rotatable bonds is 4. The summed E-state index contributed by atoms with van der Waals surface area (Å²) in [5, 5.41) is 1.51. The minimum absolute atomic E-state index is 0.0746. The number of hydroxylamine groups is 2. The molecular formula is C14H19NO3. The van der Waals surface area contributed by atoms with Crippen molar-refractivity contribution in [2.75, 3.05) is 20.3 Å². The molecule has 4 heteroatoms. The van der Waals surface area contributed by atoms with Crippen molar-refractivity contribution in [2.45, 2.75) is 25.7 Å². The standard InChI is InChI=1S/C14H19NO3/c1-17-13-7-4-12(5-8-13)6-9-14(16)15-10-2-3-11-18-15/h4-5,7-8H,2-3,6,9-11H2,1H3. The second-order valence-electron chi connectivity index (χ2n) is 4.38. The van der Waals surface area contributed by atoms with Crippen LogP contribution in [0.25, 0.3) is 0 Å². The Bertz CT molecular complexity index is 383. The van der Waals surface area contributed by atoms with Crippen LogP contribution in [0.4, 0.5) is 0 Å². The lowest BCUT2D eigenvalue weighted by atomic mass is 10.1. The van der Waals surface area contributed by atoms with Crippen LogP contribution in [0.2, 0.25) is 0 Å². The molecule has 1 aromatic rings. The number of amides is 1. The number of nitrogens with zero attached hydrogens (tertiary/aromatic N) is 1. The number of carbonyl (C=O) groups excluding carboxylic acids is 1.